The van der Waals surface area contributed by atoms with E-state index in [2.05, 4.69) is 20.3 Å². The molecule has 0 unspecified atom stereocenters. The van der Waals surface area contributed by atoms with Gasteiger partial charge in [-0.05, 0) is 42.3 Å². The Bertz CT molecular complexity index is 1720. The number of carbonyl (C=O) groups is 1. The maximum atomic E-state index is 13.4. The van der Waals surface area contributed by atoms with E-state index in [0.29, 0.717) is 39.5 Å². The molecule has 1 atom stereocenters. The first kappa shape index (κ1) is 25.6. The van der Waals surface area contributed by atoms with Crippen LogP contribution in [0, 0.1) is 0 Å². The predicted octanol–water partition coefficient (Wildman–Crippen LogP) is 5.12. The van der Waals surface area contributed by atoms with Gasteiger partial charge in [0.15, 0.2) is 10.9 Å². The fourth-order valence-electron chi connectivity index (χ4n) is 4.45. The third-order valence-corrected chi connectivity index (χ3v) is 6.64. The molecule has 5 rings (SSSR count). The van der Waals surface area contributed by atoms with Crippen molar-refractivity contribution in [2.45, 2.75) is 25.8 Å². The molecule has 0 saturated carbocycles. The lowest BCUT2D eigenvalue weighted by Crippen LogP contribution is -2.30. The van der Waals surface area contributed by atoms with E-state index in [4.69, 9.17) is 27.9 Å². The first-order valence-corrected chi connectivity index (χ1v) is 12.5. The number of hydrogen-bond acceptors (Lipinski definition) is 7. The maximum Gasteiger partial charge on any atom is 0.252 e. The van der Waals surface area contributed by atoms with E-state index in [1.54, 1.807) is 43.0 Å². The average Bonchev–Trinajstić information content (AvgIpc) is 3.35. The molecular weight excluding hydrogens is 527 g/mol. The highest BCUT2D eigenvalue weighted by molar-refractivity contribution is 6.31. The molecule has 9 nitrogen and oxygen atoms in total. The normalized spacial score (nSPS) is 12.0. The smallest absolute Gasteiger partial charge is 0.252 e. The topological polar surface area (TPSA) is 105 Å². The summed E-state index contributed by atoms with van der Waals surface area (Å²) in [5.74, 6) is 0.292. The highest BCUT2D eigenvalue weighted by Gasteiger charge is 2.23. The minimum absolute atomic E-state index is 0.103. The summed E-state index contributed by atoms with van der Waals surface area (Å²) >= 11 is 12.3. The van der Waals surface area contributed by atoms with Crippen LogP contribution in [0.5, 0.6) is 5.75 Å². The van der Waals surface area contributed by atoms with Gasteiger partial charge < -0.3 is 9.30 Å². The Morgan fingerprint density at radius 1 is 1.00 bits per heavy atom. The zero-order valence-electron chi connectivity index (χ0n) is 20.5. The molecule has 0 bridgehead atoms. The molecule has 2 aromatic carbocycles. The number of methoxy groups -OCH3 is 1. The molecule has 3 aromatic heterocycles. The largest absolute Gasteiger partial charge is 0.495 e. The second kappa shape index (κ2) is 10.7. The second-order valence-electron chi connectivity index (χ2n) is 8.59. The zero-order valence-corrected chi connectivity index (χ0v) is 22.0. The number of halogens is 2. The van der Waals surface area contributed by atoms with Gasteiger partial charge in [-0.3, -0.25) is 19.6 Å². The predicted molar refractivity (Wildman–Crippen MR) is 145 cm³/mol. The molecule has 0 amide bonds. The van der Waals surface area contributed by atoms with E-state index in [1.807, 2.05) is 25.1 Å². The van der Waals surface area contributed by atoms with E-state index < -0.39 is 6.04 Å². The Balaban J connectivity index is 1.52. The summed E-state index contributed by atoms with van der Waals surface area (Å²) in [6.07, 6.45) is 6.92. The van der Waals surface area contributed by atoms with Gasteiger partial charge in [0.25, 0.3) is 5.56 Å². The SMILES string of the molecule is CC[C@@H](C(=O)Cc1ccc2nccnc2c1)n1cc(OC)c(-c2cc(Cl)ccc2-n2cc(Cl)nn2)cc1=O. The Hall–Kier alpha value is -4.08. The standard InChI is InChI=1S/C27H22Cl2N6O3/c1-3-22(24(36)11-16-4-6-20-21(10-16)31-9-8-30-20)34-14-25(38-2)19(13-27(34)37)18-12-17(28)5-7-23(18)35-15-26(29)32-33-35/h4-10,12-15,22H,3,11H2,1-2H3/t22-/m0/s1. The van der Waals surface area contributed by atoms with Crippen molar-refractivity contribution in [1.29, 1.82) is 0 Å². The fraction of sp³-hybridized carbons (Fsp3) is 0.185. The molecule has 11 heteroatoms. The molecule has 0 N–H and O–H groups in total. The first-order valence-electron chi connectivity index (χ1n) is 11.8. The fourth-order valence-corrected chi connectivity index (χ4v) is 4.75. The van der Waals surface area contributed by atoms with Gasteiger partial charge in [0, 0.05) is 41.0 Å². The van der Waals surface area contributed by atoms with Crippen molar-refractivity contribution in [3.63, 3.8) is 0 Å². The van der Waals surface area contributed by atoms with Crippen molar-refractivity contribution in [1.82, 2.24) is 29.5 Å². The van der Waals surface area contributed by atoms with Crippen molar-refractivity contribution >= 4 is 40.0 Å². The van der Waals surface area contributed by atoms with Crippen molar-refractivity contribution in [2.24, 2.45) is 0 Å². The summed E-state index contributed by atoms with van der Waals surface area (Å²) in [4.78, 5) is 35.4. The van der Waals surface area contributed by atoms with Gasteiger partial charge in [0.2, 0.25) is 0 Å². The van der Waals surface area contributed by atoms with Crippen LogP contribution in [0.3, 0.4) is 0 Å². The van der Waals surface area contributed by atoms with E-state index in [-0.39, 0.29) is 22.9 Å². The molecule has 0 aliphatic heterocycles. The number of benzene rings is 2. The van der Waals surface area contributed by atoms with Crippen LogP contribution in [0.4, 0.5) is 0 Å². The van der Waals surface area contributed by atoms with Crippen LogP contribution in [-0.2, 0) is 11.2 Å². The number of carbonyl (C=O) groups excluding carboxylic acids is 1. The Morgan fingerprint density at radius 2 is 1.79 bits per heavy atom. The van der Waals surface area contributed by atoms with Gasteiger partial charge >= 0.3 is 0 Å². The molecule has 38 heavy (non-hydrogen) atoms. The molecule has 0 aliphatic carbocycles. The number of pyridine rings is 1. The van der Waals surface area contributed by atoms with Crippen LogP contribution in [-0.4, -0.2) is 42.4 Å². The van der Waals surface area contributed by atoms with E-state index >= 15 is 0 Å². The summed E-state index contributed by atoms with van der Waals surface area (Å²) in [5, 5.41) is 8.55. The Labute approximate surface area is 227 Å². The van der Waals surface area contributed by atoms with Crippen molar-refractivity contribution in [2.75, 3.05) is 7.11 Å². The van der Waals surface area contributed by atoms with Gasteiger partial charge in [-0.1, -0.05) is 41.4 Å². The van der Waals surface area contributed by atoms with Crippen LogP contribution in [0.1, 0.15) is 24.9 Å². The highest BCUT2D eigenvalue weighted by Crippen LogP contribution is 2.35. The van der Waals surface area contributed by atoms with Gasteiger partial charge in [0.05, 0.1) is 42.3 Å². The molecule has 0 fully saturated rings. The first-order chi connectivity index (χ1) is 18.4. The summed E-state index contributed by atoms with van der Waals surface area (Å²) in [5.41, 5.74) is 3.60. The van der Waals surface area contributed by atoms with Crippen LogP contribution < -0.4 is 10.3 Å². The minimum Gasteiger partial charge on any atom is -0.495 e. The van der Waals surface area contributed by atoms with Crippen LogP contribution in [0.2, 0.25) is 10.2 Å². The molecule has 5 aromatic rings. The summed E-state index contributed by atoms with van der Waals surface area (Å²) in [6, 6.07) is 11.4. The average molecular weight is 549 g/mol. The zero-order chi connectivity index (χ0) is 26.8. The number of ketones is 1. The van der Waals surface area contributed by atoms with Crippen LogP contribution >= 0.6 is 23.2 Å². The van der Waals surface area contributed by atoms with Crippen molar-refractivity contribution in [3.05, 3.63) is 93.3 Å². The third-order valence-electron chi connectivity index (χ3n) is 6.23. The molecular formula is C27H22Cl2N6O3. The van der Waals surface area contributed by atoms with Crippen LogP contribution in [0.25, 0.3) is 27.8 Å². The number of rotatable bonds is 8. The monoisotopic (exact) mass is 548 g/mol. The number of Topliss-reactive ketones (excluding diaryl/α,β-unsaturated/α-hetero) is 1. The second-order valence-corrected chi connectivity index (χ2v) is 9.42. The van der Waals surface area contributed by atoms with Gasteiger partial charge in [0.1, 0.15) is 5.75 Å². The molecule has 0 radical (unpaired) electrons. The number of aromatic nitrogens is 6. The summed E-state index contributed by atoms with van der Waals surface area (Å²) in [6.45, 7) is 1.87. The van der Waals surface area contributed by atoms with Crippen molar-refractivity contribution < 1.29 is 9.53 Å². The lowest BCUT2D eigenvalue weighted by atomic mass is 10.00. The lowest BCUT2D eigenvalue weighted by Gasteiger charge is -2.20. The van der Waals surface area contributed by atoms with E-state index in [9.17, 15) is 9.59 Å². The molecule has 0 spiro atoms. The van der Waals surface area contributed by atoms with Gasteiger partial charge in [-0.15, -0.1) is 5.10 Å². The third kappa shape index (κ3) is 5.03. The maximum absolute atomic E-state index is 13.4. The van der Waals surface area contributed by atoms with Crippen LogP contribution in [0.15, 0.2) is 72.0 Å². The summed E-state index contributed by atoms with van der Waals surface area (Å²) < 4.78 is 8.58. The van der Waals surface area contributed by atoms with Crippen molar-refractivity contribution in [3.8, 4) is 22.6 Å². The Kier molecular flexibility index (Phi) is 7.22. The van der Waals surface area contributed by atoms with E-state index in [0.717, 1.165) is 11.1 Å². The highest BCUT2D eigenvalue weighted by atomic mass is 35.5. The molecule has 0 aliphatic rings. The number of hydrogen-bond donors (Lipinski definition) is 0. The summed E-state index contributed by atoms with van der Waals surface area (Å²) in [7, 11) is 1.50. The van der Waals surface area contributed by atoms with Gasteiger partial charge in [-0.25, -0.2) is 4.68 Å². The molecule has 0 saturated heterocycles. The molecule has 3 heterocycles. The van der Waals surface area contributed by atoms with Gasteiger partial charge in [-0.2, -0.15) is 0 Å². The number of fused-ring (bicyclic) bond motifs is 1. The van der Waals surface area contributed by atoms with E-state index in [1.165, 1.54) is 22.4 Å². The minimum atomic E-state index is -0.684. The molecule has 192 valence electrons. The number of nitrogens with zero attached hydrogens (tertiary/aromatic N) is 6. The quantitative estimate of drug-likeness (QED) is 0.265. The Morgan fingerprint density at radius 3 is 2.50 bits per heavy atom. The lowest BCUT2D eigenvalue weighted by molar-refractivity contribution is -0.121. The number of ether oxygens (including phenoxy) is 1.